The van der Waals surface area contributed by atoms with E-state index in [1.807, 2.05) is 0 Å². The van der Waals surface area contributed by atoms with Crippen LogP contribution in [0.15, 0.2) is 0 Å². The predicted octanol–water partition coefficient (Wildman–Crippen LogP) is 0.0870. The van der Waals surface area contributed by atoms with E-state index in [2.05, 4.69) is 10.6 Å². The summed E-state index contributed by atoms with van der Waals surface area (Å²) in [5, 5.41) is 12.7. The Kier molecular flexibility index (Phi) is 6.09. The largest absolute Gasteiger partial charge is 0.481 e. The zero-order valence-electron chi connectivity index (χ0n) is 8.00. The summed E-state index contributed by atoms with van der Waals surface area (Å²) in [7, 11) is 0. The fourth-order valence-corrected chi connectivity index (χ4v) is 0.794. The van der Waals surface area contributed by atoms with E-state index < -0.39 is 17.9 Å². The number of aliphatic carboxylic acids is 1. The smallest absolute Gasteiger partial charge is 0.321 e. The van der Waals surface area contributed by atoms with Crippen molar-refractivity contribution in [2.45, 2.75) is 26.2 Å². The molecular weight excluding hydrogens is 188 g/mol. The second-order valence-corrected chi connectivity index (χ2v) is 2.65. The number of urea groups is 1. The maximum Gasteiger partial charge on any atom is 0.321 e. The monoisotopic (exact) mass is 202 g/mol. The van der Waals surface area contributed by atoms with Gasteiger partial charge in [-0.2, -0.15) is 0 Å². The van der Waals surface area contributed by atoms with Crippen molar-refractivity contribution in [1.82, 2.24) is 10.6 Å². The highest BCUT2D eigenvalue weighted by atomic mass is 16.4. The second-order valence-electron chi connectivity index (χ2n) is 2.65. The number of rotatable bonds is 5. The van der Waals surface area contributed by atoms with Crippen molar-refractivity contribution in [3.8, 4) is 0 Å². The molecule has 3 amide bonds. The molecular formula is C8H14N2O4. The van der Waals surface area contributed by atoms with Crippen LogP contribution in [0, 0.1) is 0 Å². The molecule has 0 aromatic heterocycles. The normalized spacial score (nSPS) is 9.21. The molecule has 0 bridgehead atoms. The Morgan fingerprint density at radius 2 is 1.86 bits per heavy atom. The molecule has 0 aromatic carbocycles. The Balaban J connectivity index is 3.55. The molecule has 0 atom stereocenters. The summed E-state index contributed by atoms with van der Waals surface area (Å²) in [6.07, 6.45) is 0.215. The molecule has 6 heteroatoms. The van der Waals surface area contributed by atoms with Gasteiger partial charge in [-0.15, -0.1) is 0 Å². The molecule has 0 spiro atoms. The van der Waals surface area contributed by atoms with Gasteiger partial charge in [-0.05, 0) is 13.3 Å². The number of nitrogens with one attached hydrogen (secondary N) is 2. The Bertz CT molecular complexity index is 227. The number of hydrogen-bond donors (Lipinski definition) is 3. The van der Waals surface area contributed by atoms with Gasteiger partial charge in [-0.3, -0.25) is 14.9 Å². The van der Waals surface area contributed by atoms with E-state index in [0.717, 1.165) is 0 Å². The van der Waals surface area contributed by atoms with Gasteiger partial charge in [0.15, 0.2) is 0 Å². The van der Waals surface area contributed by atoms with Gasteiger partial charge >= 0.3 is 12.0 Å². The van der Waals surface area contributed by atoms with E-state index >= 15 is 0 Å². The lowest BCUT2D eigenvalue weighted by Gasteiger charge is -2.03. The first kappa shape index (κ1) is 12.4. The zero-order valence-corrected chi connectivity index (χ0v) is 8.00. The van der Waals surface area contributed by atoms with Crippen LogP contribution >= 0.6 is 0 Å². The molecule has 0 saturated heterocycles. The quantitative estimate of drug-likeness (QED) is 0.588. The molecule has 0 unspecified atom stereocenters. The zero-order chi connectivity index (χ0) is 11.0. The van der Waals surface area contributed by atoms with E-state index in [0.29, 0.717) is 6.54 Å². The molecule has 0 saturated carbocycles. The minimum absolute atomic E-state index is 0.0451. The third-order valence-electron chi connectivity index (χ3n) is 1.38. The Labute approximate surface area is 81.7 Å². The van der Waals surface area contributed by atoms with Gasteiger partial charge < -0.3 is 10.4 Å². The number of carbonyl (C=O) groups is 3. The van der Waals surface area contributed by atoms with Gasteiger partial charge in [-0.1, -0.05) is 0 Å². The summed E-state index contributed by atoms with van der Waals surface area (Å²) in [5.41, 5.74) is 0. The van der Waals surface area contributed by atoms with Crippen LogP contribution in [-0.2, 0) is 9.59 Å². The van der Waals surface area contributed by atoms with E-state index in [1.54, 1.807) is 6.92 Å². The third-order valence-corrected chi connectivity index (χ3v) is 1.38. The van der Waals surface area contributed by atoms with Crippen molar-refractivity contribution >= 4 is 17.9 Å². The van der Waals surface area contributed by atoms with Crippen LogP contribution in [0.5, 0.6) is 0 Å². The van der Waals surface area contributed by atoms with Gasteiger partial charge in [0.1, 0.15) is 0 Å². The fraction of sp³-hybridized carbons (Fsp3) is 0.625. The van der Waals surface area contributed by atoms with Crippen molar-refractivity contribution < 1.29 is 19.5 Å². The van der Waals surface area contributed by atoms with Gasteiger partial charge in [-0.25, -0.2) is 4.79 Å². The predicted molar refractivity (Wildman–Crippen MR) is 48.7 cm³/mol. The number of amides is 3. The van der Waals surface area contributed by atoms with Crippen molar-refractivity contribution in [2.24, 2.45) is 0 Å². The lowest BCUT2D eigenvalue weighted by molar-refractivity contribution is -0.137. The van der Waals surface area contributed by atoms with Crippen LogP contribution in [0.3, 0.4) is 0 Å². The first-order valence-corrected chi connectivity index (χ1v) is 4.35. The Morgan fingerprint density at radius 3 is 2.36 bits per heavy atom. The highest BCUT2D eigenvalue weighted by Gasteiger charge is 2.06. The minimum atomic E-state index is -0.948. The van der Waals surface area contributed by atoms with Crippen LogP contribution in [0.1, 0.15) is 26.2 Å². The number of imide groups is 1. The van der Waals surface area contributed by atoms with Gasteiger partial charge in [0, 0.05) is 19.4 Å². The number of hydrogen-bond acceptors (Lipinski definition) is 3. The van der Waals surface area contributed by atoms with Gasteiger partial charge in [0.25, 0.3) is 0 Å². The topological polar surface area (TPSA) is 95.5 Å². The highest BCUT2D eigenvalue weighted by Crippen LogP contribution is 1.94. The highest BCUT2D eigenvalue weighted by molar-refractivity contribution is 5.94. The van der Waals surface area contributed by atoms with Crippen LogP contribution in [0.25, 0.3) is 0 Å². The maximum absolute atomic E-state index is 10.9. The molecule has 0 heterocycles. The molecule has 3 N–H and O–H groups in total. The molecule has 14 heavy (non-hydrogen) atoms. The first-order chi connectivity index (χ1) is 6.56. The average molecular weight is 202 g/mol. The molecule has 0 aromatic rings. The molecule has 0 rings (SSSR count). The summed E-state index contributed by atoms with van der Waals surface area (Å²) >= 11 is 0. The van der Waals surface area contributed by atoms with Crippen molar-refractivity contribution in [3.63, 3.8) is 0 Å². The molecule has 0 fully saturated rings. The van der Waals surface area contributed by atoms with Crippen LogP contribution in [0.4, 0.5) is 4.79 Å². The summed E-state index contributed by atoms with van der Waals surface area (Å²) in [6, 6.07) is -0.548. The molecule has 0 aliphatic heterocycles. The van der Waals surface area contributed by atoms with Crippen LogP contribution < -0.4 is 10.6 Å². The molecule has 0 radical (unpaired) electrons. The van der Waals surface area contributed by atoms with Gasteiger partial charge in [0.05, 0.1) is 0 Å². The summed E-state index contributed by atoms with van der Waals surface area (Å²) in [6.45, 7) is 2.17. The van der Waals surface area contributed by atoms with Crippen molar-refractivity contribution in [2.75, 3.05) is 6.54 Å². The molecule has 0 aliphatic carbocycles. The SMILES string of the molecule is CCNC(=O)NC(=O)CCCC(=O)O. The summed E-state index contributed by atoms with van der Waals surface area (Å²) in [5.74, 6) is -1.41. The number of carboxylic acids is 1. The second kappa shape index (κ2) is 6.88. The average Bonchev–Trinajstić information content (AvgIpc) is 2.03. The van der Waals surface area contributed by atoms with Crippen molar-refractivity contribution in [3.05, 3.63) is 0 Å². The minimum Gasteiger partial charge on any atom is -0.481 e. The maximum atomic E-state index is 10.9. The molecule has 80 valence electrons. The van der Waals surface area contributed by atoms with E-state index in [1.165, 1.54) is 0 Å². The number of carboxylic acid groups (broad SMARTS) is 1. The standard InChI is InChI=1S/C8H14N2O4/c1-2-9-8(14)10-6(11)4-3-5-7(12)13/h2-5H2,1H3,(H,12,13)(H2,9,10,11,14). The van der Waals surface area contributed by atoms with Crippen LogP contribution in [0.2, 0.25) is 0 Å². The van der Waals surface area contributed by atoms with Crippen molar-refractivity contribution in [1.29, 1.82) is 0 Å². The Morgan fingerprint density at radius 1 is 1.21 bits per heavy atom. The lowest BCUT2D eigenvalue weighted by Crippen LogP contribution is -2.39. The summed E-state index contributed by atoms with van der Waals surface area (Å²) in [4.78, 5) is 31.8. The summed E-state index contributed by atoms with van der Waals surface area (Å²) < 4.78 is 0. The van der Waals surface area contributed by atoms with E-state index in [-0.39, 0.29) is 19.3 Å². The Hall–Kier alpha value is -1.59. The number of carbonyl (C=O) groups excluding carboxylic acids is 2. The lowest BCUT2D eigenvalue weighted by atomic mass is 10.2. The van der Waals surface area contributed by atoms with Gasteiger partial charge in [0.2, 0.25) is 5.91 Å². The third kappa shape index (κ3) is 7.08. The first-order valence-electron chi connectivity index (χ1n) is 4.35. The molecule has 0 aliphatic rings. The van der Waals surface area contributed by atoms with E-state index in [9.17, 15) is 14.4 Å². The van der Waals surface area contributed by atoms with Crippen LogP contribution in [-0.4, -0.2) is 29.6 Å². The molecule has 6 nitrogen and oxygen atoms in total. The van der Waals surface area contributed by atoms with E-state index in [4.69, 9.17) is 5.11 Å². The fourth-order valence-electron chi connectivity index (χ4n) is 0.794.